The van der Waals surface area contributed by atoms with Crippen LogP contribution < -0.4 is 10.9 Å². The number of nitrogens with zero attached hydrogens (tertiary/aromatic N) is 4. The minimum absolute atomic E-state index is 0.0373. The maximum absolute atomic E-state index is 12.8. The summed E-state index contributed by atoms with van der Waals surface area (Å²) in [7, 11) is 4.18. The molecule has 1 fully saturated rings. The van der Waals surface area contributed by atoms with E-state index in [0.717, 1.165) is 17.7 Å². The molecule has 4 aromatic rings. The standard InChI is InChI=1S/C27H31N5O2S/c1-17(23-10-11-24(35-23)20-9-7-6-8-19(20)13-31(4)5)28-26-21-14-32(27(3)15-34-16-27)25(33)12-22(21)29-18(2)30-26/h6-12,14,17H,13,15-16H2,1-5H3,(H,28,29,30). The number of thiophene rings is 1. The lowest BCUT2D eigenvalue weighted by Crippen LogP contribution is -2.53. The number of nitrogens with one attached hydrogen (secondary N) is 1. The van der Waals surface area contributed by atoms with Crippen molar-refractivity contribution < 1.29 is 4.74 Å². The van der Waals surface area contributed by atoms with Crippen molar-refractivity contribution in [1.82, 2.24) is 19.4 Å². The molecule has 8 heteroatoms. The molecule has 4 heterocycles. The first-order valence-corrected chi connectivity index (χ1v) is 12.6. The van der Waals surface area contributed by atoms with E-state index >= 15 is 0 Å². The smallest absolute Gasteiger partial charge is 0.253 e. The third-order valence-corrected chi connectivity index (χ3v) is 7.73. The van der Waals surface area contributed by atoms with E-state index in [1.165, 1.54) is 20.9 Å². The molecular formula is C27H31N5O2S. The fourth-order valence-corrected chi connectivity index (χ4v) is 5.60. The van der Waals surface area contributed by atoms with Crippen LogP contribution >= 0.6 is 11.3 Å². The number of aryl methyl sites for hydroxylation is 1. The van der Waals surface area contributed by atoms with Gasteiger partial charge in [-0.3, -0.25) is 4.79 Å². The van der Waals surface area contributed by atoms with Crippen molar-refractivity contribution in [3.05, 3.63) is 75.3 Å². The van der Waals surface area contributed by atoms with Gasteiger partial charge in [-0.15, -0.1) is 11.3 Å². The quantitative estimate of drug-likeness (QED) is 0.402. The van der Waals surface area contributed by atoms with Crippen LogP contribution in [0, 0.1) is 6.92 Å². The molecule has 3 aromatic heterocycles. The predicted molar refractivity (Wildman–Crippen MR) is 142 cm³/mol. The van der Waals surface area contributed by atoms with E-state index in [0.29, 0.717) is 24.6 Å². The molecule has 0 amide bonds. The Bertz CT molecular complexity index is 1440. The Morgan fingerprint density at radius 2 is 1.97 bits per heavy atom. The number of anilines is 1. The van der Waals surface area contributed by atoms with E-state index in [9.17, 15) is 4.79 Å². The van der Waals surface area contributed by atoms with Crippen molar-refractivity contribution in [3.8, 4) is 10.4 Å². The SMILES string of the molecule is Cc1nc(NC(C)c2ccc(-c3ccccc3CN(C)C)s2)c2cn(C3(C)COC3)c(=O)cc2n1. The number of fused-ring (bicyclic) bond motifs is 1. The van der Waals surface area contributed by atoms with E-state index in [1.54, 1.807) is 22.0 Å². The van der Waals surface area contributed by atoms with Crippen molar-refractivity contribution in [3.63, 3.8) is 0 Å². The van der Waals surface area contributed by atoms with Crippen LogP contribution in [0.5, 0.6) is 0 Å². The zero-order chi connectivity index (χ0) is 24.7. The third kappa shape index (κ3) is 4.61. The van der Waals surface area contributed by atoms with Crippen molar-refractivity contribution in [2.45, 2.75) is 38.9 Å². The number of ether oxygens (including phenoxy) is 1. The second-order valence-corrected chi connectivity index (χ2v) is 11.0. The molecular weight excluding hydrogens is 458 g/mol. The van der Waals surface area contributed by atoms with E-state index in [-0.39, 0.29) is 17.1 Å². The summed E-state index contributed by atoms with van der Waals surface area (Å²) in [5, 5.41) is 4.43. The third-order valence-electron chi connectivity index (χ3n) is 6.43. The largest absolute Gasteiger partial charge is 0.376 e. The Morgan fingerprint density at radius 3 is 2.69 bits per heavy atom. The highest BCUT2D eigenvalue weighted by Crippen LogP contribution is 2.35. The number of hydrogen-bond acceptors (Lipinski definition) is 7. The van der Waals surface area contributed by atoms with Gasteiger partial charge < -0.3 is 19.5 Å². The lowest BCUT2D eigenvalue weighted by Gasteiger charge is -2.39. The Kier molecular flexibility index (Phi) is 6.21. The zero-order valence-corrected chi connectivity index (χ0v) is 21.6. The minimum atomic E-state index is -0.332. The van der Waals surface area contributed by atoms with Crippen LogP contribution in [-0.2, 0) is 16.8 Å². The molecule has 0 saturated carbocycles. The van der Waals surface area contributed by atoms with Gasteiger partial charge >= 0.3 is 0 Å². The average Bonchev–Trinajstić information content (AvgIpc) is 3.27. The maximum atomic E-state index is 12.8. The van der Waals surface area contributed by atoms with Crippen LogP contribution in [0.3, 0.4) is 0 Å². The summed E-state index contributed by atoms with van der Waals surface area (Å²) in [6, 6.07) is 14.6. The lowest BCUT2D eigenvalue weighted by molar-refractivity contribution is -0.0912. The molecule has 1 N–H and O–H groups in total. The first kappa shape index (κ1) is 23.7. The van der Waals surface area contributed by atoms with Gasteiger partial charge in [0.05, 0.1) is 35.7 Å². The minimum Gasteiger partial charge on any atom is -0.376 e. The van der Waals surface area contributed by atoms with Crippen LogP contribution in [0.15, 0.2) is 53.5 Å². The highest BCUT2D eigenvalue weighted by atomic mass is 32.1. The van der Waals surface area contributed by atoms with Crippen molar-refractivity contribution in [2.24, 2.45) is 0 Å². The van der Waals surface area contributed by atoms with Gasteiger partial charge in [0, 0.05) is 28.6 Å². The zero-order valence-electron chi connectivity index (χ0n) is 20.8. The Morgan fingerprint density at radius 1 is 1.20 bits per heavy atom. The van der Waals surface area contributed by atoms with Gasteiger partial charge in [-0.1, -0.05) is 24.3 Å². The molecule has 1 aliphatic rings. The molecule has 0 spiro atoms. The fourth-order valence-electron chi connectivity index (χ4n) is 4.53. The monoisotopic (exact) mass is 489 g/mol. The van der Waals surface area contributed by atoms with E-state index in [2.05, 4.69) is 72.6 Å². The summed E-state index contributed by atoms with van der Waals surface area (Å²) in [5.41, 5.74) is 2.84. The van der Waals surface area contributed by atoms with Gasteiger partial charge in [-0.2, -0.15) is 0 Å². The molecule has 35 heavy (non-hydrogen) atoms. The van der Waals surface area contributed by atoms with Gasteiger partial charge in [-0.05, 0) is 58.1 Å². The van der Waals surface area contributed by atoms with Crippen molar-refractivity contribution in [2.75, 3.05) is 32.6 Å². The van der Waals surface area contributed by atoms with Crippen molar-refractivity contribution in [1.29, 1.82) is 0 Å². The van der Waals surface area contributed by atoms with Gasteiger partial charge in [0.2, 0.25) is 0 Å². The molecule has 7 nitrogen and oxygen atoms in total. The highest BCUT2D eigenvalue weighted by Gasteiger charge is 2.36. The van der Waals surface area contributed by atoms with Gasteiger partial charge in [-0.25, -0.2) is 9.97 Å². The number of rotatable bonds is 7. The molecule has 5 rings (SSSR count). The molecule has 1 atom stereocenters. The Hall–Kier alpha value is -3.07. The summed E-state index contributed by atoms with van der Waals surface area (Å²) in [6.45, 7) is 7.98. The van der Waals surface area contributed by atoms with E-state index in [1.807, 2.05) is 20.0 Å². The van der Waals surface area contributed by atoms with Crippen LogP contribution in [0.4, 0.5) is 5.82 Å². The Labute approximate surface area is 209 Å². The summed E-state index contributed by atoms with van der Waals surface area (Å²) in [6.07, 6.45) is 1.88. The topological polar surface area (TPSA) is 72.3 Å². The first-order valence-electron chi connectivity index (χ1n) is 11.8. The molecule has 182 valence electrons. The lowest BCUT2D eigenvalue weighted by atomic mass is 10.00. The molecule has 1 aromatic carbocycles. The fraction of sp³-hybridized carbons (Fsp3) is 0.370. The summed E-state index contributed by atoms with van der Waals surface area (Å²) in [4.78, 5) is 26.7. The van der Waals surface area contributed by atoms with E-state index in [4.69, 9.17) is 9.72 Å². The second kappa shape index (κ2) is 9.18. The summed E-state index contributed by atoms with van der Waals surface area (Å²) < 4.78 is 7.15. The molecule has 0 radical (unpaired) electrons. The molecule has 1 aliphatic heterocycles. The number of benzene rings is 1. The normalized spacial score (nSPS) is 15.8. The van der Waals surface area contributed by atoms with Crippen LogP contribution in [0.2, 0.25) is 0 Å². The number of hydrogen-bond donors (Lipinski definition) is 1. The van der Waals surface area contributed by atoms with Crippen LogP contribution in [-0.4, -0.2) is 46.7 Å². The number of pyridine rings is 1. The van der Waals surface area contributed by atoms with Crippen LogP contribution in [0.1, 0.15) is 36.2 Å². The van der Waals surface area contributed by atoms with Gasteiger partial charge in [0.15, 0.2) is 0 Å². The predicted octanol–water partition coefficient (Wildman–Crippen LogP) is 4.81. The highest BCUT2D eigenvalue weighted by molar-refractivity contribution is 7.15. The van der Waals surface area contributed by atoms with E-state index < -0.39 is 0 Å². The maximum Gasteiger partial charge on any atom is 0.253 e. The Balaban J connectivity index is 1.47. The van der Waals surface area contributed by atoms with Gasteiger partial charge in [0.1, 0.15) is 11.6 Å². The molecule has 1 saturated heterocycles. The van der Waals surface area contributed by atoms with Crippen LogP contribution in [0.25, 0.3) is 21.3 Å². The molecule has 0 aliphatic carbocycles. The summed E-state index contributed by atoms with van der Waals surface area (Å²) >= 11 is 1.79. The van der Waals surface area contributed by atoms with Crippen molar-refractivity contribution >= 4 is 28.1 Å². The summed E-state index contributed by atoms with van der Waals surface area (Å²) in [5.74, 6) is 1.37. The number of aromatic nitrogens is 3. The molecule has 0 bridgehead atoms. The average molecular weight is 490 g/mol. The van der Waals surface area contributed by atoms with Gasteiger partial charge in [0.25, 0.3) is 5.56 Å². The molecule has 1 unspecified atom stereocenters. The second-order valence-electron chi connectivity index (χ2n) is 9.85. The first-order chi connectivity index (χ1) is 16.7.